The lowest BCUT2D eigenvalue weighted by Gasteiger charge is -2.15. The molecule has 0 fully saturated rings. The standard InChI is InChI=1S/C17H16N5O4/c1-24-11-7-9(8-12(25-2)14(11)26-3)20-17-13(15(18)23)21-10-5-4-6-19-16(10)22-17/h4-5,7-8H,1-3H3,(H2,18,23)(H,19,20,22). The molecule has 0 spiro atoms. The van der Waals surface area contributed by atoms with E-state index in [0.29, 0.717) is 34.1 Å². The fraction of sp³-hybridized carbons (Fsp3) is 0.176. The van der Waals surface area contributed by atoms with Crippen LogP contribution in [0.1, 0.15) is 10.5 Å². The van der Waals surface area contributed by atoms with Gasteiger partial charge in [-0.15, -0.1) is 0 Å². The largest absolute Gasteiger partial charge is 0.493 e. The number of aromatic nitrogens is 3. The van der Waals surface area contributed by atoms with Crippen LogP contribution in [0.3, 0.4) is 0 Å². The van der Waals surface area contributed by atoms with Crippen LogP contribution < -0.4 is 25.3 Å². The summed E-state index contributed by atoms with van der Waals surface area (Å²) >= 11 is 0. The summed E-state index contributed by atoms with van der Waals surface area (Å²) in [5.41, 5.74) is 6.73. The van der Waals surface area contributed by atoms with E-state index in [-0.39, 0.29) is 11.5 Å². The lowest BCUT2D eigenvalue weighted by molar-refractivity contribution is 0.0996. The molecule has 0 atom stereocenters. The number of pyridine rings is 1. The predicted molar refractivity (Wildman–Crippen MR) is 94.1 cm³/mol. The zero-order chi connectivity index (χ0) is 18.7. The first kappa shape index (κ1) is 17.2. The number of nitrogens with one attached hydrogen (secondary N) is 1. The molecule has 0 unspecified atom stereocenters. The monoisotopic (exact) mass is 354 g/mol. The molecule has 2 heterocycles. The number of nitrogens with two attached hydrogens (primary N) is 1. The fourth-order valence-electron chi connectivity index (χ4n) is 2.40. The molecule has 9 heteroatoms. The van der Waals surface area contributed by atoms with Crippen LogP contribution in [-0.4, -0.2) is 42.2 Å². The van der Waals surface area contributed by atoms with Crippen molar-refractivity contribution in [3.8, 4) is 17.2 Å². The van der Waals surface area contributed by atoms with Gasteiger partial charge in [0.25, 0.3) is 5.91 Å². The van der Waals surface area contributed by atoms with Crippen LogP contribution in [0.25, 0.3) is 11.2 Å². The first-order chi connectivity index (χ1) is 12.6. The summed E-state index contributed by atoms with van der Waals surface area (Å²) < 4.78 is 15.9. The van der Waals surface area contributed by atoms with Gasteiger partial charge in [0.15, 0.2) is 28.7 Å². The van der Waals surface area contributed by atoms with E-state index in [1.807, 2.05) is 0 Å². The molecule has 2 aromatic heterocycles. The van der Waals surface area contributed by atoms with Crippen molar-refractivity contribution in [2.45, 2.75) is 0 Å². The van der Waals surface area contributed by atoms with E-state index in [4.69, 9.17) is 19.9 Å². The molecule has 133 valence electrons. The Bertz CT molecular complexity index is 952. The van der Waals surface area contributed by atoms with Crippen molar-refractivity contribution in [2.75, 3.05) is 26.6 Å². The van der Waals surface area contributed by atoms with Crippen LogP contribution in [0.15, 0.2) is 24.3 Å². The molecule has 0 aliphatic carbocycles. The quantitative estimate of drug-likeness (QED) is 0.686. The molecule has 1 amide bonds. The molecule has 1 aromatic carbocycles. The Labute approximate surface area is 149 Å². The summed E-state index contributed by atoms with van der Waals surface area (Å²) in [5, 5.41) is 3.00. The zero-order valence-corrected chi connectivity index (χ0v) is 14.4. The number of carbonyl (C=O) groups is 1. The second-order valence-electron chi connectivity index (χ2n) is 5.11. The van der Waals surface area contributed by atoms with Gasteiger partial charge in [0.1, 0.15) is 5.52 Å². The van der Waals surface area contributed by atoms with Crippen molar-refractivity contribution in [3.05, 3.63) is 36.2 Å². The molecule has 0 saturated heterocycles. The maximum atomic E-state index is 11.8. The van der Waals surface area contributed by atoms with Gasteiger partial charge in [0, 0.05) is 17.8 Å². The molecule has 3 aromatic rings. The van der Waals surface area contributed by atoms with E-state index >= 15 is 0 Å². The molecular formula is C17H16N5O4. The van der Waals surface area contributed by atoms with Crippen LogP contribution in [-0.2, 0) is 0 Å². The number of fused-ring (bicyclic) bond motifs is 1. The van der Waals surface area contributed by atoms with Crippen LogP contribution in [0.2, 0.25) is 0 Å². The SMILES string of the molecule is COc1cc(Nc2nc3n[c]ccc3nc2C(N)=O)cc(OC)c1OC. The van der Waals surface area contributed by atoms with Gasteiger partial charge in [-0.2, -0.15) is 0 Å². The van der Waals surface area contributed by atoms with Crippen molar-refractivity contribution >= 4 is 28.6 Å². The average molecular weight is 354 g/mol. The van der Waals surface area contributed by atoms with Gasteiger partial charge in [0.2, 0.25) is 5.75 Å². The van der Waals surface area contributed by atoms with Gasteiger partial charge in [-0.1, -0.05) is 0 Å². The Balaban J connectivity index is 2.11. The zero-order valence-electron chi connectivity index (χ0n) is 14.4. The normalized spacial score (nSPS) is 10.4. The molecule has 9 nitrogen and oxygen atoms in total. The fourth-order valence-corrected chi connectivity index (χ4v) is 2.40. The Hall–Kier alpha value is -3.62. The first-order valence-corrected chi connectivity index (χ1v) is 7.49. The highest BCUT2D eigenvalue weighted by atomic mass is 16.5. The number of anilines is 2. The predicted octanol–water partition coefficient (Wildman–Crippen LogP) is 1.69. The van der Waals surface area contributed by atoms with Gasteiger partial charge < -0.3 is 25.3 Å². The number of benzene rings is 1. The number of hydrogen-bond acceptors (Lipinski definition) is 8. The van der Waals surface area contributed by atoms with Crippen molar-refractivity contribution < 1.29 is 19.0 Å². The van der Waals surface area contributed by atoms with Crippen molar-refractivity contribution in [3.63, 3.8) is 0 Å². The number of amides is 1. The minimum absolute atomic E-state index is 0.0146. The maximum Gasteiger partial charge on any atom is 0.271 e. The Morgan fingerprint density at radius 2 is 1.81 bits per heavy atom. The molecule has 0 aliphatic rings. The Morgan fingerprint density at radius 1 is 1.12 bits per heavy atom. The number of ether oxygens (including phenoxy) is 3. The molecule has 0 saturated carbocycles. The Morgan fingerprint density at radius 3 is 2.38 bits per heavy atom. The van der Waals surface area contributed by atoms with E-state index < -0.39 is 5.91 Å². The van der Waals surface area contributed by atoms with E-state index in [2.05, 4.69) is 26.5 Å². The number of rotatable bonds is 6. The molecule has 3 N–H and O–H groups in total. The van der Waals surface area contributed by atoms with E-state index in [1.165, 1.54) is 21.3 Å². The lowest BCUT2D eigenvalue weighted by Crippen LogP contribution is -2.17. The van der Waals surface area contributed by atoms with Crippen LogP contribution in [0.5, 0.6) is 17.2 Å². The topological polar surface area (TPSA) is 121 Å². The van der Waals surface area contributed by atoms with Crippen molar-refractivity contribution in [1.82, 2.24) is 15.0 Å². The van der Waals surface area contributed by atoms with Crippen molar-refractivity contribution in [1.29, 1.82) is 0 Å². The third kappa shape index (κ3) is 3.14. The maximum absolute atomic E-state index is 11.8. The average Bonchev–Trinajstić information content (AvgIpc) is 2.66. The number of primary amides is 1. The summed E-state index contributed by atoms with van der Waals surface area (Å²) in [6, 6.07) is 6.56. The summed E-state index contributed by atoms with van der Waals surface area (Å²) in [6.45, 7) is 0. The molecule has 26 heavy (non-hydrogen) atoms. The highest BCUT2D eigenvalue weighted by Gasteiger charge is 2.18. The molecule has 0 aliphatic heterocycles. The number of hydrogen-bond donors (Lipinski definition) is 2. The summed E-state index contributed by atoms with van der Waals surface area (Å²) in [6.07, 6.45) is 2.67. The highest BCUT2D eigenvalue weighted by Crippen LogP contribution is 2.40. The van der Waals surface area contributed by atoms with Crippen LogP contribution in [0, 0.1) is 6.20 Å². The molecular weight excluding hydrogens is 338 g/mol. The van der Waals surface area contributed by atoms with Gasteiger partial charge in [-0.3, -0.25) is 4.79 Å². The minimum atomic E-state index is -0.720. The van der Waals surface area contributed by atoms with Gasteiger partial charge >= 0.3 is 0 Å². The summed E-state index contributed by atoms with van der Waals surface area (Å²) in [7, 11) is 4.52. The van der Waals surface area contributed by atoms with Crippen LogP contribution >= 0.6 is 0 Å². The van der Waals surface area contributed by atoms with Crippen molar-refractivity contribution in [2.24, 2.45) is 5.73 Å². The lowest BCUT2D eigenvalue weighted by atomic mass is 10.2. The highest BCUT2D eigenvalue weighted by molar-refractivity contribution is 5.98. The van der Waals surface area contributed by atoms with Gasteiger partial charge in [-0.05, 0) is 12.1 Å². The minimum Gasteiger partial charge on any atom is -0.493 e. The van der Waals surface area contributed by atoms with E-state index in [9.17, 15) is 4.79 Å². The Kier molecular flexibility index (Phi) is 4.70. The molecule has 3 rings (SSSR count). The summed E-state index contributed by atoms with van der Waals surface area (Å²) in [4.78, 5) is 24.3. The number of methoxy groups -OCH3 is 3. The van der Waals surface area contributed by atoms with Gasteiger partial charge in [0.05, 0.1) is 27.5 Å². The van der Waals surface area contributed by atoms with E-state index in [1.54, 1.807) is 24.3 Å². The number of carbonyl (C=O) groups excluding carboxylic acids is 1. The molecule has 1 radical (unpaired) electrons. The second kappa shape index (κ2) is 7.09. The third-order valence-corrected chi connectivity index (χ3v) is 3.55. The second-order valence-corrected chi connectivity index (χ2v) is 5.11. The summed E-state index contributed by atoms with van der Waals surface area (Å²) in [5.74, 6) is 0.760. The molecule has 0 bridgehead atoms. The smallest absolute Gasteiger partial charge is 0.271 e. The van der Waals surface area contributed by atoms with Crippen LogP contribution in [0.4, 0.5) is 11.5 Å². The third-order valence-electron chi connectivity index (χ3n) is 3.55. The van der Waals surface area contributed by atoms with Gasteiger partial charge in [-0.25, -0.2) is 15.0 Å². The number of nitrogens with zero attached hydrogens (tertiary/aromatic N) is 3. The first-order valence-electron chi connectivity index (χ1n) is 7.49. The van der Waals surface area contributed by atoms with E-state index in [0.717, 1.165) is 0 Å².